The zero-order valence-corrected chi connectivity index (χ0v) is 12.9. The number of carbonyl (C=O) groups is 1. The predicted octanol–water partition coefficient (Wildman–Crippen LogP) is 2.42. The number of benzene rings is 1. The quantitative estimate of drug-likeness (QED) is 0.845. The number of rotatable bonds is 6. The molecule has 0 saturated carbocycles. The van der Waals surface area contributed by atoms with E-state index in [-0.39, 0.29) is 17.9 Å². The molecule has 0 aromatic heterocycles. The van der Waals surface area contributed by atoms with E-state index in [0.29, 0.717) is 24.7 Å². The molecule has 2 rings (SSSR count). The number of anilines is 1. The molecule has 1 aliphatic rings. The van der Waals surface area contributed by atoms with Crippen molar-refractivity contribution in [2.24, 2.45) is 5.92 Å². The molecule has 1 saturated heterocycles. The first-order valence-corrected chi connectivity index (χ1v) is 7.59. The Morgan fingerprint density at radius 2 is 2.10 bits per heavy atom. The fraction of sp³-hybridized carbons (Fsp3) is 0.562. The molecular weight excluding hydrogens is 268 g/mol. The third-order valence-corrected chi connectivity index (χ3v) is 3.68. The molecule has 1 fully saturated rings. The van der Waals surface area contributed by atoms with Crippen molar-refractivity contribution >= 4 is 11.6 Å². The molecule has 1 heterocycles. The largest absolute Gasteiger partial charge is 0.494 e. The van der Waals surface area contributed by atoms with Gasteiger partial charge in [-0.15, -0.1) is 0 Å². The van der Waals surface area contributed by atoms with Crippen molar-refractivity contribution in [3.05, 3.63) is 18.2 Å². The van der Waals surface area contributed by atoms with Gasteiger partial charge >= 0.3 is 0 Å². The van der Waals surface area contributed by atoms with Gasteiger partial charge in [-0.3, -0.25) is 4.79 Å². The molecule has 0 bridgehead atoms. The van der Waals surface area contributed by atoms with Gasteiger partial charge in [0.2, 0.25) is 5.91 Å². The van der Waals surface area contributed by atoms with Crippen LogP contribution in [0.3, 0.4) is 0 Å². The summed E-state index contributed by atoms with van der Waals surface area (Å²) in [5.41, 5.74) is 0.673. The Bertz CT molecular complexity index is 490. The topological polar surface area (TPSA) is 59.6 Å². The van der Waals surface area contributed by atoms with Gasteiger partial charge in [0, 0.05) is 12.1 Å². The van der Waals surface area contributed by atoms with Gasteiger partial charge in [-0.05, 0) is 45.9 Å². The van der Waals surface area contributed by atoms with Gasteiger partial charge in [0.25, 0.3) is 0 Å². The van der Waals surface area contributed by atoms with Crippen molar-refractivity contribution in [2.75, 3.05) is 25.1 Å². The maximum Gasteiger partial charge on any atom is 0.229 e. The standard InChI is InChI=1S/C16H24N2O3/c1-4-20-12-6-7-15(21-5-2)14(10-12)18-16(19)13-8-9-17-11(13)3/h6-7,10-11,13,17H,4-5,8-9H2,1-3H3,(H,18,19). The second-order valence-electron chi connectivity index (χ2n) is 5.15. The van der Waals surface area contributed by atoms with Gasteiger partial charge in [0.15, 0.2) is 0 Å². The Hall–Kier alpha value is -1.75. The highest BCUT2D eigenvalue weighted by Crippen LogP contribution is 2.30. The van der Waals surface area contributed by atoms with Crippen molar-refractivity contribution in [1.29, 1.82) is 0 Å². The van der Waals surface area contributed by atoms with Crippen LogP contribution in [-0.2, 0) is 4.79 Å². The average Bonchev–Trinajstić information content (AvgIpc) is 2.88. The number of carbonyl (C=O) groups excluding carboxylic acids is 1. The van der Waals surface area contributed by atoms with Crippen LogP contribution in [0.25, 0.3) is 0 Å². The summed E-state index contributed by atoms with van der Waals surface area (Å²) in [6, 6.07) is 5.71. The van der Waals surface area contributed by atoms with Crippen LogP contribution < -0.4 is 20.1 Å². The Balaban J connectivity index is 2.15. The molecule has 116 valence electrons. The number of amides is 1. The maximum atomic E-state index is 12.4. The molecule has 1 aromatic carbocycles. The van der Waals surface area contributed by atoms with Crippen LogP contribution in [0.1, 0.15) is 27.2 Å². The smallest absolute Gasteiger partial charge is 0.229 e. The van der Waals surface area contributed by atoms with E-state index in [0.717, 1.165) is 18.7 Å². The molecule has 5 heteroatoms. The van der Waals surface area contributed by atoms with Crippen molar-refractivity contribution in [2.45, 2.75) is 33.2 Å². The van der Waals surface area contributed by atoms with E-state index in [1.165, 1.54) is 0 Å². The van der Waals surface area contributed by atoms with E-state index in [1.807, 2.05) is 39.0 Å². The molecule has 0 aliphatic carbocycles. The van der Waals surface area contributed by atoms with E-state index < -0.39 is 0 Å². The van der Waals surface area contributed by atoms with Crippen molar-refractivity contribution in [1.82, 2.24) is 5.32 Å². The number of ether oxygens (including phenoxy) is 2. The number of nitrogens with one attached hydrogen (secondary N) is 2. The highest BCUT2D eigenvalue weighted by molar-refractivity contribution is 5.94. The lowest BCUT2D eigenvalue weighted by molar-refractivity contribution is -0.120. The molecule has 2 unspecified atom stereocenters. The Morgan fingerprint density at radius 1 is 1.33 bits per heavy atom. The molecule has 0 spiro atoms. The Labute approximate surface area is 126 Å². The minimum Gasteiger partial charge on any atom is -0.494 e. The summed E-state index contributed by atoms with van der Waals surface area (Å²) < 4.78 is 11.1. The lowest BCUT2D eigenvalue weighted by atomic mass is 10.0. The molecule has 2 N–H and O–H groups in total. The first-order valence-electron chi connectivity index (χ1n) is 7.59. The van der Waals surface area contributed by atoms with Crippen LogP contribution in [0, 0.1) is 5.92 Å². The minimum absolute atomic E-state index is 0.00442. The summed E-state index contributed by atoms with van der Waals surface area (Å²) in [6.07, 6.45) is 0.863. The monoisotopic (exact) mass is 292 g/mol. The molecule has 0 radical (unpaired) electrons. The highest BCUT2D eigenvalue weighted by Gasteiger charge is 2.29. The number of hydrogen-bond donors (Lipinski definition) is 2. The molecule has 1 aliphatic heterocycles. The third-order valence-electron chi connectivity index (χ3n) is 3.68. The average molecular weight is 292 g/mol. The molecule has 2 atom stereocenters. The van der Waals surface area contributed by atoms with Gasteiger partial charge in [-0.1, -0.05) is 0 Å². The zero-order chi connectivity index (χ0) is 15.2. The normalized spacial score (nSPS) is 21.1. The summed E-state index contributed by atoms with van der Waals surface area (Å²) in [4.78, 5) is 12.4. The second kappa shape index (κ2) is 7.31. The van der Waals surface area contributed by atoms with E-state index in [1.54, 1.807) is 0 Å². The molecule has 21 heavy (non-hydrogen) atoms. The van der Waals surface area contributed by atoms with Crippen molar-refractivity contribution < 1.29 is 14.3 Å². The minimum atomic E-state index is -0.00442. The molecular formula is C16H24N2O3. The van der Waals surface area contributed by atoms with Crippen LogP contribution in [0.5, 0.6) is 11.5 Å². The summed E-state index contributed by atoms with van der Waals surface area (Å²) >= 11 is 0. The first kappa shape index (κ1) is 15.6. The second-order valence-corrected chi connectivity index (χ2v) is 5.15. The Morgan fingerprint density at radius 3 is 2.71 bits per heavy atom. The van der Waals surface area contributed by atoms with Gasteiger partial charge in [0.05, 0.1) is 24.8 Å². The summed E-state index contributed by atoms with van der Waals surface area (Å²) in [5, 5.41) is 6.27. The lowest BCUT2D eigenvalue weighted by Crippen LogP contribution is -2.32. The summed E-state index contributed by atoms with van der Waals surface area (Å²) in [6.45, 7) is 7.92. The summed E-state index contributed by atoms with van der Waals surface area (Å²) in [7, 11) is 0. The maximum absolute atomic E-state index is 12.4. The summed E-state index contributed by atoms with van der Waals surface area (Å²) in [5.74, 6) is 1.43. The van der Waals surface area contributed by atoms with Crippen LogP contribution in [-0.4, -0.2) is 31.7 Å². The SMILES string of the molecule is CCOc1ccc(OCC)c(NC(=O)C2CCNC2C)c1. The predicted molar refractivity (Wildman–Crippen MR) is 83.0 cm³/mol. The van der Waals surface area contributed by atoms with Crippen LogP contribution >= 0.6 is 0 Å². The lowest BCUT2D eigenvalue weighted by Gasteiger charge is -2.17. The van der Waals surface area contributed by atoms with Crippen molar-refractivity contribution in [3.8, 4) is 11.5 Å². The third kappa shape index (κ3) is 3.88. The van der Waals surface area contributed by atoms with Gasteiger partial charge in [0.1, 0.15) is 11.5 Å². The first-order chi connectivity index (χ1) is 10.2. The van der Waals surface area contributed by atoms with Crippen LogP contribution in [0.15, 0.2) is 18.2 Å². The Kier molecular flexibility index (Phi) is 5.44. The van der Waals surface area contributed by atoms with Crippen LogP contribution in [0.2, 0.25) is 0 Å². The van der Waals surface area contributed by atoms with E-state index in [4.69, 9.17) is 9.47 Å². The molecule has 5 nitrogen and oxygen atoms in total. The van der Waals surface area contributed by atoms with E-state index in [2.05, 4.69) is 10.6 Å². The van der Waals surface area contributed by atoms with Gasteiger partial charge in [-0.2, -0.15) is 0 Å². The van der Waals surface area contributed by atoms with Gasteiger partial charge < -0.3 is 20.1 Å². The van der Waals surface area contributed by atoms with Crippen LogP contribution in [0.4, 0.5) is 5.69 Å². The molecule has 1 aromatic rings. The van der Waals surface area contributed by atoms with Crippen molar-refractivity contribution in [3.63, 3.8) is 0 Å². The fourth-order valence-corrected chi connectivity index (χ4v) is 2.59. The van der Waals surface area contributed by atoms with Gasteiger partial charge in [-0.25, -0.2) is 0 Å². The van der Waals surface area contributed by atoms with E-state index >= 15 is 0 Å². The highest BCUT2D eigenvalue weighted by atomic mass is 16.5. The number of hydrogen-bond acceptors (Lipinski definition) is 4. The molecule has 1 amide bonds. The zero-order valence-electron chi connectivity index (χ0n) is 12.9. The fourth-order valence-electron chi connectivity index (χ4n) is 2.59. The van der Waals surface area contributed by atoms with E-state index in [9.17, 15) is 4.79 Å².